The third-order valence-electron chi connectivity index (χ3n) is 4.68. The maximum absolute atomic E-state index is 13.1. The van der Waals surface area contributed by atoms with Gasteiger partial charge in [-0.3, -0.25) is 4.79 Å². The number of amides is 1. The Morgan fingerprint density at radius 1 is 1.24 bits per heavy atom. The van der Waals surface area contributed by atoms with Crippen LogP contribution >= 0.6 is 11.6 Å². The van der Waals surface area contributed by atoms with Gasteiger partial charge < -0.3 is 15.2 Å². The molecule has 4 atom stereocenters. The van der Waals surface area contributed by atoms with Crippen molar-refractivity contribution >= 4 is 29.2 Å². The first kappa shape index (κ1) is 14.3. The van der Waals surface area contributed by atoms with Gasteiger partial charge in [-0.15, -0.1) is 0 Å². The number of nitrogens with one attached hydrogen (secondary N) is 1. The standard InChI is InChI=1S/C15H15ClFNO3/c16-10-6-9(3-4-11(10)17)18-14(19)12-7-1-2-8(5-7)13(12)15(20)21/h3-4,6-8,12-13H,1-2,5H2,(H,18,19)(H,20,21)/p-1/t7-,8+,12+,13+/m0/s1. The van der Waals surface area contributed by atoms with Crippen LogP contribution in [-0.4, -0.2) is 11.9 Å². The summed E-state index contributed by atoms with van der Waals surface area (Å²) in [5.41, 5.74) is 0.367. The largest absolute Gasteiger partial charge is 0.550 e. The minimum Gasteiger partial charge on any atom is -0.550 e. The predicted octanol–water partition coefficient (Wildman–Crippen LogP) is 1.83. The number of hydrogen-bond donors (Lipinski definition) is 1. The summed E-state index contributed by atoms with van der Waals surface area (Å²) in [7, 11) is 0. The molecule has 2 fully saturated rings. The van der Waals surface area contributed by atoms with Gasteiger partial charge in [0.1, 0.15) is 5.82 Å². The Bertz CT molecular complexity index is 607. The van der Waals surface area contributed by atoms with Crippen LogP contribution in [0.4, 0.5) is 10.1 Å². The lowest BCUT2D eigenvalue weighted by Crippen LogP contribution is -2.43. The molecule has 1 N–H and O–H groups in total. The quantitative estimate of drug-likeness (QED) is 0.926. The second-order valence-corrected chi connectivity index (χ2v) is 6.23. The maximum atomic E-state index is 13.1. The Labute approximate surface area is 126 Å². The normalized spacial score (nSPS) is 30.4. The third kappa shape index (κ3) is 2.50. The van der Waals surface area contributed by atoms with Crippen molar-refractivity contribution in [3.8, 4) is 0 Å². The third-order valence-corrected chi connectivity index (χ3v) is 4.97. The Hall–Kier alpha value is -1.62. The first-order chi connectivity index (χ1) is 9.97. The summed E-state index contributed by atoms with van der Waals surface area (Å²) in [5.74, 6) is -3.24. The number of carbonyl (C=O) groups excluding carboxylic acids is 2. The molecule has 6 heteroatoms. The van der Waals surface area contributed by atoms with Crippen molar-refractivity contribution in [1.29, 1.82) is 0 Å². The van der Waals surface area contributed by atoms with Crippen molar-refractivity contribution in [1.82, 2.24) is 0 Å². The van der Waals surface area contributed by atoms with Gasteiger partial charge in [0, 0.05) is 23.5 Å². The highest BCUT2D eigenvalue weighted by molar-refractivity contribution is 6.31. The number of carbonyl (C=O) groups is 2. The van der Waals surface area contributed by atoms with E-state index in [0.717, 1.165) is 25.3 Å². The zero-order chi connectivity index (χ0) is 15.1. The molecule has 2 bridgehead atoms. The number of fused-ring (bicyclic) bond motifs is 2. The first-order valence-corrected chi connectivity index (χ1v) is 7.32. The lowest BCUT2D eigenvalue weighted by molar-refractivity contribution is -0.314. The maximum Gasteiger partial charge on any atom is 0.228 e. The zero-order valence-electron chi connectivity index (χ0n) is 11.1. The second kappa shape index (κ2) is 5.30. The molecular formula is C15H14ClFNO3-. The molecule has 1 aromatic carbocycles. The summed E-state index contributed by atoms with van der Waals surface area (Å²) in [6, 6.07) is 3.88. The number of aliphatic carboxylic acids is 1. The van der Waals surface area contributed by atoms with Crippen LogP contribution in [0, 0.1) is 29.5 Å². The van der Waals surface area contributed by atoms with Crippen molar-refractivity contribution in [2.24, 2.45) is 23.7 Å². The molecule has 0 spiro atoms. The van der Waals surface area contributed by atoms with E-state index in [1.165, 1.54) is 12.1 Å². The fourth-order valence-corrected chi connectivity index (χ4v) is 3.99. The number of halogens is 2. The molecule has 2 aliphatic carbocycles. The van der Waals surface area contributed by atoms with E-state index in [9.17, 15) is 19.1 Å². The van der Waals surface area contributed by atoms with Crippen molar-refractivity contribution < 1.29 is 19.1 Å². The molecule has 21 heavy (non-hydrogen) atoms. The zero-order valence-corrected chi connectivity index (χ0v) is 11.9. The van der Waals surface area contributed by atoms with Gasteiger partial charge in [-0.2, -0.15) is 0 Å². The second-order valence-electron chi connectivity index (χ2n) is 5.82. The summed E-state index contributed by atoms with van der Waals surface area (Å²) in [4.78, 5) is 23.7. The monoisotopic (exact) mass is 310 g/mol. The predicted molar refractivity (Wildman–Crippen MR) is 72.9 cm³/mol. The molecule has 0 heterocycles. The molecule has 0 unspecified atom stereocenters. The van der Waals surface area contributed by atoms with E-state index >= 15 is 0 Å². The Morgan fingerprint density at radius 3 is 2.52 bits per heavy atom. The molecule has 0 saturated heterocycles. The van der Waals surface area contributed by atoms with Gasteiger partial charge in [-0.05, 0) is 49.3 Å². The van der Waals surface area contributed by atoms with Gasteiger partial charge in [0.15, 0.2) is 0 Å². The van der Waals surface area contributed by atoms with Gasteiger partial charge in [-0.25, -0.2) is 4.39 Å². The highest BCUT2D eigenvalue weighted by Crippen LogP contribution is 2.52. The van der Waals surface area contributed by atoms with Crippen LogP contribution in [0.25, 0.3) is 0 Å². The molecule has 4 nitrogen and oxygen atoms in total. The average molecular weight is 311 g/mol. The number of benzene rings is 1. The molecule has 2 aliphatic rings. The van der Waals surface area contributed by atoms with E-state index in [-0.39, 0.29) is 22.8 Å². The van der Waals surface area contributed by atoms with Crippen molar-refractivity contribution in [3.05, 3.63) is 29.0 Å². The lowest BCUT2D eigenvalue weighted by Gasteiger charge is -2.30. The van der Waals surface area contributed by atoms with Gasteiger partial charge in [0.25, 0.3) is 0 Å². The van der Waals surface area contributed by atoms with Gasteiger partial charge in [0.05, 0.1) is 5.02 Å². The fourth-order valence-electron chi connectivity index (χ4n) is 3.81. The molecule has 2 saturated carbocycles. The topological polar surface area (TPSA) is 69.2 Å². The van der Waals surface area contributed by atoms with Crippen molar-refractivity contribution in [2.75, 3.05) is 5.32 Å². The minimum atomic E-state index is -1.15. The van der Waals surface area contributed by atoms with Crippen molar-refractivity contribution in [3.63, 3.8) is 0 Å². The van der Waals surface area contributed by atoms with Crippen molar-refractivity contribution in [2.45, 2.75) is 19.3 Å². The van der Waals surface area contributed by atoms with Crippen LogP contribution < -0.4 is 10.4 Å². The molecule has 0 aromatic heterocycles. The summed E-state index contributed by atoms with van der Waals surface area (Å²) in [6.45, 7) is 0. The Balaban J connectivity index is 1.78. The molecule has 1 amide bonds. The van der Waals surface area contributed by atoms with E-state index in [2.05, 4.69) is 5.32 Å². The van der Waals surface area contributed by atoms with Gasteiger partial charge in [-0.1, -0.05) is 11.6 Å². The number of anilines is 1. The average Bonchev–Trinajstić information content (AvgIpc) is 3.03. The molecule has 1 aromatic rings. The molecule has 0 radical (unpaired) electrons. The van der Waals surface area contributed by atoms with Crippen LogP contribution in [0.5, 0.6) is 0 Å². The van der Waals surface area contributed by atoms with Gasteiger partial charge in [0.2, 0.25) is 5.91 Å². The molecular weight excluding hydrogens is 297 g/mol. The molecule has 0 aliphatic heterocycles. The SMILES string of the molecule is O=C([O-])[C@@H]1[C@@H]2CC[C@@H](C2)[C@H]1C(=O)Nc1ccc(F)c(Cl)c1. The minimum absolute atomic E-state index is 0.0348. The first-order valence-electron chi connectivity index (χ1n) is 6.94. The number of carboxylic acid groups (broad SMARTS) is 1. The summed E-state index contributed by atoms with van der Waals surface area (Å²) in [6.07, 6.45) is 2.48. The van der Waals surface area contributed by atoms with E-state index in [1.807, 2.05) is 0 Å². The summed E-state index contributed by atoms with van der Waals surface area (Å²) in [5, 5.41) is 13.9. The van der Waals surface area contributed by atoms with Crippen LogP contribution in [-0.2, 0) is 9.59 Å². The van der Waals surface area contributed by atoms with Crippen LogP contribution in [0.1, 0.15) is 19.3 Å². The van der Waals surface area contributed by atoms with Crippen LogP contribution in [0.15, 0.2) is 18.2 Å². The van der Waals surface area contributed by atoms with Crippen LogP contribution in [0.2, 0.25) is 5.02 Å². The molecule has 112 valence electrons. The number of carboxylic acids is 1. The van der Waals surface area contributed by atoms with Gasteiger partial charge >= 0.3 is 0 Å². The number of rotatable bonds is 3. The van der Waals surface area contributed by atoms with E-state index in [4.69, 9.17) is 11.6 Å². The number of hydrogen-bond acceptors (Lipinski definition) is 3. The Kier molecular flexibility index (Phi) is 3.61. The highest BCUT2D eigenvalue weighted by atomic mass is 35.5. The van der Waals surface area contributed by atoms with Crippen LogP contribution in [0.3, 0.4) is 0 Å². The fraction of sp³-hybridized carbons (Fsp3) is 0.467. The Morgan fingerprint density at radius 2 is 1.90 bits per heavy atom. The van der Waals surface area contributed by atoms with E-state index in [0.29, 0.717) is 5.69 Å². The highest BCUT2D eigenvalue weighted by Gasteiger charge is 2.51. The molecule has 3 rings (SSSR count). The lowest BCUT2D eigenvalue weighted by atomic mass is 9.78. The smallest absolute Gasteiger partial charge is 0.228 e. The summed E-state index contributed by atoms with van der Waals surface area (Å²) < 4.78 is 13.1. The van der Waals surface area contributed by atoms with E-state index < -0.39 is 23.6 Å². The summed E-state index contributed by atoms with van der Waals surface area (Å²) >= 11 is 5.67. The van der Waals surface area contributed by atoms with E-state index in [1.54, 1.807) is 0 Å².